The fraction of sp³-hybridized carbons (Fsp3) is 0.143. The monoisotopic (exact) mass is 338 g/mol. The van der Waals surface area contributed by atoms with Crippen LogP contribution in [0.3, 0.4) is 0 Å². The lowest BCUT2D eigenvalue weighted by Crippen LogP contribution is -2.18. The van der Waals surface area contributed by atoms with Gasteiger partial charge in [-0.25, -0.2) is 8.42 Å². The van der Waals surface area contributed by atoms with Gasteiger partial charge in [-0.2, -0.15) is 0 Å². The van der Waals surface area contributed by atoms with Crippen molar-refractivity contribution >= 4 is 35.7 Å². The van der Waals surface area contributed by atoms with E-state index in [1.807, 2.05) is 0 Å². The van der Waals surface area contributed by atoms with Crippen molar-refractivity contribution in [3.8, 4) is 5.75 Å². The number of hydrogen-bond donors (Lipinski definition) is 0. The summed E-state index contributed by atoms with van der Waals surface area (Å²) >= 11 is 2.74. The third-order valence-corrected chi connectivity index (χ3v) is 3.38. The fourth-order valence-electron chi connectivity index (χ4n) is 0.896. The Bertz CT molecular complexity index is 500. The molecule has 0 N–H and O–H groups in total. The number of halogens is 5. The molecule has 0 bridgehead atoms. The Kier molecular flexibility index (Phi) is 3.76. The van der Waals surface area contributed by atoms with Crippen LogP contribution in [-0.2, 0) is 9.05 Å². The molecule has 0 aliphatic rings. The first-order valence-electron chi connectivity index (χ1n) is 3.60. The molecule has 0 atom stereocenters. The van der Waals surface area contributed by atoms with E-state index in [2.05, 4.69) is 20.7 Å². The second-order valence-corrected chi connectivity index (χ2v) is 5.94. The smallest absolute Gasteiger partial charge is 0.403 e. The third-order valence-electron chi connectivity index (χ3n) is 1.41. The molecule has 3 nitrogen and oxygen atoms in total. The van der Waals surface area contributed by atoms with Gasteiger partial charge < -0.3 is 4.74 Å². The number of benzene rings is 1. The Labute approximate surface area is 102 Å². The largest absolute Gasteiger partial charge is 0.573 e. The first-order chi connectivity index (χ1) is 7.11. The maximum atomic E-state index is 12.0. The fourth-order valence-corrected chi connectivity index (χ4v) is 2.45. The topological polar surface area (TPSA) is 43.4 Å². The minimum absolute atomic E-state index is 0.161. The summed E-state index contributed by atoms with van der Waals surface area (Å²) in [6, 6.07) is 3.34. The van der Waals surface area contributed by atoms with Crippen LogP contribution in [0.15, 0.2) is 27.6 Å². The van der Waals surface area contributed by atoms with Gasteiger partial charge in [0.1, 0.15) is 4.90 Å². The second-order valence-electron chi connectivity index (χ2n) is 2.55. The van der Waals surface area contributed by atoms with E-state index in [-0.39, 0.29) is 4.47 Å². The van der Waals surface area contributed by atoms with Crippen molar-refractivity contribution < 1.29 is 26.3 Å². The van der Waals surface area contributed by atoms with Gasteiger partial charge in [0.25, 0.3) is 9.05 Å². The van der Waals surface area contributed by atoms with Crippen LogP contribution in [0.4, 0.5) is 13.2 Å². The third kappa shape index (κ3) is 3.53. The van der Waals surface area contributed by atoms with Crippen LogP contribution in [-0.4, -0.2) is 14.8 Å². The highest BCUT2D eigenvalue weighted by atomic mass is 79.9. The maximum Gasteiger partial charge on any atom is 0.573 e. The lowest BCUT2D eigenvalue weighted by Gasteiger charge is -2.12. The van der Waals surface area contributed by atoms with Crippen molar-refractivity contribution in [3.05, 3.63) is 22.7 Å². The van der Waals surface area contributed by atoms with Crippen LogP contribution < -0.4 is 4.74 Å². The molecule has 1 aromatic carbocycles. The van der Waals surface area contributed by atoms with Gasteiger partial charge in [0, 0.05) is 10.7 Å². The Hall–Kier alpha value is -0.470. The van der Waals surface area contributed by atoms with E-state index in [4.69, 9.17) is 10.7 Å². The molecule has 16 heavy (non-hydrogen) atoms. The summed E-state index contributed by atoms with van der Waals surface area (Å²) in [6.07, 6.45) is -5.00. The van der Waals surface area contributed by atoms with Crippen LogP contribution in [0, 0.1) is 0 Å². The van der Waals surface area contributed by atoms with Gasteiger partial charge in [0.2, 0.25) is 0 Å². The summed E-state index contributed by atoms with van der Waals surface area (Å²) in [5.41, 5.74) is 0. The lowest BCUT2D eigenvalue weighted by molar-refractivity contribution is -0.275. The zero-order chi connectivity index (χ0) is 12.6. The normalized spacial score (nSPS) is 12.6. The molecular formula is C7H3BrClF3O3S. The maximum absolute atomic E-state index is 12.0. The second kappa shape index (κ2) is 4.42. The molecule has 1 aromatic rings. The van der Waals surface area contributed by atoms with Gasteiger partial charge >= 0.3 is 6.36 Å². The SMILES string of the molecule is O=S(=O)(Cl)c1cccc(Br)c1OC(F)(F)F. The zero-order valence-electron chi connectivity index (χ0n) is 7.25. The van der Waals surface area contributed by atoms with E-state index < -0.39 is 26.1 Å². The first-order valence-corrected chi connectivity index (χ1v) is 6.70. The van der Waals surface area contributed by atoms with Crippen molar-refractivity contribution in [1.82, 2.24) is 0 Å². The summed E-state index contributed by atoms with van der Waals surface area (Å²) in [7, 11) is 0.657. The molecule has 90 valence electrons. The van der Waals surface area contributed by atoms with E-state index in [0.717, 1.165) is 6.07 Å². The van der Waals surface area contributed by atoms with Gasteiger partial charge in [0.15, 0.2) is 5.75 Å². The molecule has 0 aliphatic heterocycles. The summed E-state index contributed by atoms with van der Waals surface area (Å²) in [6.45, 7) is 0. The Morgan fingerprint density at radius 3 is 2.31 bits per heavy atom. The molecule has 9 heteroatoms. The lowest BCUT2D eigenvalue weighted by atomic mass is 10.3. The molecule has 0 spiro atoms. The molecule has 0 heterocycles. The molecule has 0 aliphatic carbocycles. The minimum atomic E-state index is -5.00. The molecule has 1 rings (SSSR count). The van der Waals surface area contributed by atoms with Crippen molar-refractivity contribution in [1.29, 1.82) is 0 Å². The number of hydrogen-bond acceptors (Lipinski definition) is 3. The van der Waals surface area contributed by atoms with Gasteiger partial charge in [0.05, 0.1) is 4.47 Å². The highest BCUT2D eigenvalue weighted by Crippen LogP contribution is 2.37. The molecule has 0 unspecified atom stereocenters. The number of rotatable bonds is 2. The molecule has 0 saturated carbocycles. The summed E-state index contributed by atoms with van der Waals surface area (Å²) in [4.78, 5) is -0.749. The van der Waals surface area contributed by atoms with E-state index in [9.17, 15) is 21.6 Å². The van der Waals surface area contributed by atoms with E-state index >= 15 is 0 Å². The summed E-state index contributed by atoms with van der Waals surface area (Å²) in [5, 5.41) is 0. The molecular weight excluding hydrogens is 336 g/mol. The number of alkyl halides is 3. The highest BCUT2D eigenvalue weighted by molar-refractivity contribution is 9.10. The van der Waals surface area contributed by atoms with Crippen LogP contribution in [0.25, 0.3) is 0 Å². The zero-order valence-corrected chi connectivity index (χ0v) is 10.4. The molecule has 0 aromatic heterocycles. The van der Waals surface area contributed by atoms with Crippen molar-refractivity contribution in [3.63, 3.8) is 0 Å². The van der Waals surface area contributed by atoms with Crippen LogP contribution in [0.1, 0.15) is 0 Å². The van der Waals surface area contributed by atoms with Gasteiger partial charge in [-0.3, -0.25) is 0 Å². The molecule has 0 radical (unpaired) electrons. The van der Waals surface area contributed by atoms with Crippen molar-refractivity contribution in [2.75, 3.05) is 0 Å². The van der Waals surface area contributed by atoms with Crippen molar-refractivity contribution in [2.45, 2.75) is 11.3 Å². The Morgan fingerprint density at radius 1 is 1.31 bits per heavy atom. The minimum Gasteiger partial charge on any atom is -0.403 e. The summed E-state index contributed by atoms with van der Waals surface area (Å²) < 4.78 is 61.4. The predicted octanol–water partition coefficient (Wildman–Crippen LogP) is 3.28. The standard InChI is InChI=1S/C7H3BrClF3O3S/c8-4-2-1-3-5(16(9,13)14)6(4)15-7(10,11)12/h1-3H. The highest BCUT2D eigenvalue weighted by Gasteiger charge is 2.34. The molecule has 0 fully saturated rings. The average molecular weight is 340 g/mol. The van der Waals surface area contributed by atoms with Crippen LogP contribution in [0.2, 0.25) is 0 Å². The number of ether oxygens (including phenoxy) is 1. The van der Waals surface area contributed by atoms with Crippen LogP contribution in [0.5, 0.6) is 5.75 Å². The summed E-state index contributed by atoms with van der Waals surface area (Å²) in [5.74, 6) is -0.884. The van der Waals surface area contributed by atoms with Gasteiger partial charge in [-0.1, -0.05) is 6.07 Å². The van der Waals surface area contributed by atoms with Crippen LogP contribution >= 0.6 is 26.6 Å². The average Bonchev–Trinajstić information content (AvgIpc) is 2.04. The Morgan fingerprint density at radius 2 is 1.88 bits per heavy atom. The Balaban J connectivity index is 3.36. The van der Waals surface area contributed by atoms with E-state index in [0.29, 0.717) is 0 Å². The first kappa shape index (κ1) is 13.6. The van der Waals surface area contributed by atoms with Gasteiger partial charge in [-0.15, -0.1) is 13.2 Å². The molecule has 0 saturated heterocycles. The number of para-hydroxylation sites is 1. The quantitative estimate of drug-likeness (QED) is 0.777. The molecule has 0 amide bonds. The van der Waals surface area contributed by atoms with Gasteiger partial charge in [-0.05, 0) is 28.1 Å². The predicted molar refractivity (Wildman–Crippen MR) is 53.9 cm³/mol. The van der Waals surface area contributed by atoms with E-state index in [1.54, 1.807) is 0 Å². The van der Waals surface area contributed by atoms with E-state index in [1.165, 1.54) is 12.1 Å². The van der Waals surface area contributed by atoms with Crippen molar-refractivity contribution in [2.24, 2.45) is 0 Å².